The molecule has 236 valence electrons. The third-order valence-electron chi connectivity index (χ3n) is 8.00. The fourth-order valence-electron chi connectivity index (χ4n) is 5.58. The summed E-state index contributed by atoms with van der Waals surface area (Å²) in [5, 5.41) is 0.989. The fraction of sp³-hybridized carbons (Fsp3) is 0.343. The molecule has 45 heavy (non-hydrogen) atoms. The Morgan fingerprint density at radius 3 is 2.27 bits per heavy atom. The molecule has 0 bridgehead atoms. The van der Waals surface area contributed by atoms with E-state index in [9.17, 15) is 4.79 Å². The molecule has 0 N–H and O–H groups in total. The maximum Gasteiger partial charge on any atom is 0.410 e. The van der Waals surface area contributed by atoms with Gasteiger partial charge < -0.3 is 19.3 Å². The van der Waals surface area contributed by atoms with Crippen LogP contribution < -0.4 is 9.64 Å². The van der Waals surface area contributed by atoms with Gasteiger partial charge in [0.25, 0.3) is 0 Å². The zero-order valence-electron chi connectivity index (χ0n) is 26.0. The Morgan fingerprint density at radius 1 is 0.911 bits per heavy atom. The van der Waals surface area contributed by atoms with Crippen LogP contribution in [-0.2, 0) is 17.9 Å². The van der Waals surface area contributed by atoms with E-state index in [0.717, 1.165) is 48.7 Å². The maximum atomic E-state index is 12.8. The minimum Gasteiger partial charge on any atom is -0.445 e. The highest BCUT2D eigenvalue weighted by molar-refractivity contribution is 6.35. The van der Waals surface area contributed by atoms with Crippen molar-refractivity contribution in [3.8, 4) is 22.9 Å². The summed E-state index contributed by atoms with van der Waals surface area (Å²) in [5.41, 5.74) is 3.06. The molecule has 2 aromatic heterocycles. The van der Waals surface area contributed by atoms with Crippen LogP contribution >= 0.6 is 23.2 Å². The number of benzene rings is 2. The number of aromatic nitrogens is 2. The molecular weight excluding hydrogens is 609 g/mol. The van der Waals surface area contributed by atoms with E-state index in [1.54, 1.807) is 31.4 Å². The molecule has 1 amide bonds. The summed E-state index contributed by atoms with van der Waals surface area (Å²) < 4.78 is 11.7. The van der Waals surface area contributed by atoms with E-state index in [4.69, 9.17) is 42.6 Å². The zero-order chi connectivity index (χ0) is 31.8. The first kappa shape index (κ1) is 32.5. The van der Waals surface area contributed by atoms with Crippen LogP contribution in [0.25, 0.3) is 11.3 Å². The van der Waals surface area contributed by atoms with Gasteiger partial charge in [-0.05, 0) is 60.4 Å². The Morgan fingerprint density at radius 2 is 1.62 bits per heavy atom. The van der Waals surface area contributed by atoms with E-state index >= 15 is 0 Å². The van der Waals surface area contributed by atoms with Crippen molar-refractivity contribution >= 4 is 35.1 Å². The molecule has 2 aromatic carbocycles. The van der Waals surface area contributed by atoms with E-state index in [1.807, 2.05) is 54.6 Å². The molecule has 0 aliphatic carbocycles. The summed E-state index contributed by atoms with van der Waals surface area (Å²) in [4.78, 5) is 28.6. The molecule has 5 rings (SSSR count). The van der Waals surface area contributed by atoms with Crippen molar-refractivity contribution in [2.45, 2.75) is 45.9 Å². The van der Waals surface area contributed by atoms with Crippen molar-refractivity contribution in [3.63, 3.8) is 0 Å². The van der Waals surface area contributed by atoms with Crippen molar-refractivity contribution < 1.29 is 14.3 Å². The van der Waals surface area contributed by atoms with E-state index in [-0.39, 0.29) is 13.2 Å². The number of pyridine rings is 2. The normalized spacial score (nSPS) is 13.6. The van der Waals surface area contributed by atoms with Gasteiger partial charge in [-0.3, -0.25) is 4.90 Å². The Balaban J connectivity index is 1.30. The Hall–Kier alpha value is -3.85. The van der Waals surface area contributed by atoms with Gasteiger partial charge in [0.05, 0.1) is 11.9 Å². The molecule has 1 aliphatic heterocycles. The average molecular weight is 649 g/mol. The van der Waals surface area contributed by atoms with Gasteiger partial charge in [0.15, 0.2) is 0 Å². The Bertz CT molecular complexity index is 1540. The summed E-state index contributed by atoms with van der Waals surface area (Å²) in [7, 11) is 1.69. The van der Waals surface area contributed by atoms with Crippen molar-refractivity contribution in [1.29, 1.82) is 0 Å². The summed E-state index contributed by atoms with van der Waals surface area (Å²) in [6.07, 6.45) is 3.64. The highest BCUT2D eigenvalue weighted by atomic mass is 35.5. The largest absolute Gasteiger partial charge is 0.445 e. The lowest BCUT2D eigenvalue weighted by Crippen LogP contribution is -2.50. The molecule has 0 radical (unpaired) electrons. The fourth-order valence-corrected chi connectivity index (χ4v) is 6.11. The van der Waals surface area contributed by atoms with Gasteiger partial charge in [0.2, 0.25) is 5.88 Å². The number of amides is 1. The summed E-state index contributed by atoms with van der Waals surface area (Å²) in [6, 6.07) is 23.1. The van der Waals surface area contributed by atoms with Crippen molar-refractivity contribution in [1.82, 2.24) is 19.8 Å². The molecule has 3 heterocycles. The predicted octanol–water partition coefficient (Wildman–Crippen LogP) is 8.32. The smallest absolute Gasteiger partial charge is 0.410 e. The highest BCUT2D eigenvalue weighted by Crippen LogP contribution is 2.31. The second-order valence-corrected chi connectivity index (χ2v) is 12.1. The molecule has 8 nitrogen and oxygen atoms in total. The van der Waals surface area contributed by atoms with Crippen molar-refractivity contribution in [3.05, 3.63) is 100 Å². The van der Waals surface area contributed by atoms with Gasteiger partial charge in [-0.2, -0.15) is 0 Å². The average Bonchev–Trinajstić information content (AvgIpc) is 3.05. The van der Waals surface area contributed by atoms with Gasteiger partial charge >= 0.3 is 6.09 Å². The highest BCUT2D eigenvalue weighted by Gasteiger charge is 2.22. The molecule has 10 heteroatoms. The number of anilines is 1. The Labute approximate surface area is 275 Å². The lowest BCUT2D eigenvalue weighted by Gasteiger charge is -2.39. The minimum absolute atomic E-state index is 0.192. The molecule has 0 unspecified atom stereocenters. The maximum absolute atomic E-state index is 12.8. The van der Waals surface area contributed by atoms with Crippen molar-refractivity contribution in [2.24, 2.45) is 0 Å². The van der Waals surface area contributed by atoms with Crippen molar-refractivity contribution in [2.75, 3.05) is 38.1 Å². The van der Waals surface area contributed by atoms with E-state index < -0.39 is 6.09 Å². The van der Waals surface area contributed by atoms with Gasteiger partial charge in [-0.25, -0.2) is 14.8 Å². The summed E-state index contributed by atoms with van der Waals surface area (Å²) in [6.45, 7) is 8.95. The van der Waals surface area contributed by atoms with Crippen LogP contribution in [0.15, 0.2) is 79.0 Å². The van der Waals surface area contributed by atoms with Crippen LogP contribution in [0.4, 0.5) is 10.6 Å². The van der Waals surface area contributed by atoms with Gasteiger partial charge in [-0.15, -0.1) is 0 Å². The first-order chi connectivity index (χ1) is 21.8. The molecule has 1 saturated heterocycles. The third-order valence-corrected chi connectivity index (χ3v) is 8.43. The number of carbonyl (C=O) groups is 1. The van der Waals surface area contributed by atoms with Crippen LogP contribution in [0.5, 0.6) is 11.6 Å². The first-order valence-electron chi connectivity index (χ1n) is 15.3. The standard InChI is InChI=1S/C35H39Cl2N5O3/c1-4-30(5-2)41-13-15-42(16-14-41)33-12-11-31(22-38-33)45-34-18-26(17-32(39-34)27-19-28(36)21-29(37)20-27)23-40(3)35(43)44-24-25-9-7-6-8-10-25/h6-12,17-22,30H,4-5,13-16,23-24H2,1-3H3. The number of hydrogen-bond acceptors (Lipinski definition) is 7. The summed E-state index contributed by atoms with van der Waals surface area (Å²) in [5.74, 6) is 1.85. The SMILES string of the molecule is CCC(CC)N1CCN(c2ccc(Oc3cc(CN(C)C(=O)OCc4ccccc4)cc(-c4cc(Cl)cc(Cl)c4)n3)cn2)CC1. The van der Waals surface area contributed by atoms with Crippen LogP contribution in [0.1, 0.15) is 37.8 Å². The Kier molecular flexibility index (Phi) is 11.2. The second kappa shape index (κ2) is 15.4. The number of piperazine rings is 1. The van der Waals surface area contributed by atoms with Gasteiger partial charge in [0, 0.05) is 67.5 Å². The molecule has 0 atom stereocenters. The van der Waals surface area contributed by atoms with Gasteiger partial charge in [-0.1, -0.05) is 67.4 Å². The number of carbonyl (C=O) groups excluding carboxylic acids is 1. The number of nitrogens with zero attached hydrogens (tertiary/aromatic N) is 5. The lowest BCUT2D eigenvalue weighted by atomic mass is 10.1. The predicted molar refractivity (Wildman–Crippen MR) is 180 cm³/mol. The van der Waals surface area contributed by atoms with Gasteiger partial charge in [0.1, 0.15) is 18.2 Å². The second-order valence-electron chi connectivity index (χ2n) is 11.2. The molecular formula is C35H39Cl2N5O3. The minimum atomic E-state index is -0.439. The van der Waals surface area contributed by atoms with Crippen LogP contribution in [0, 0.1) is 0 Å². The number of ether oxygens (including phenoxy) is 2. The molecule has 0 spiro atoms. The quantitative estimate of drug-likeness (QED) is 0.162. The lowest BCUT2D eigenvalue weighted by molar-refractivity contribution is 0.103. The molecule has 0 saturated carbocycles. The van der Waals surface area contributed by atoms with E-state index in [1.165, 1.54) is 17.7 Å². The van der Waals surface area contributed by atoms with E-state index in [0.29, 0.717) is 33.4 Å². The first-order valence-corrected chi connectivity index (χ1v) is 16.1. The van der Waals surface area contributed by atoms with Crippen LogP contribution in [0.3, 0.4) is 0 Å². The van der Waals surface area contributed by atoms with Crippen LogP contribution in [-0.4, -0.2) is 65.1 Å². The molecule has 1 aliphatic rings. The van der Waals surface area contributed by atoms with Crippen LogP contribution in [0.2, 0.25) is 10.0 Å². The number of hydrogen-bond donors (Lipinski definition) is 0. The van der Waals surface area contributed by atoms with E-state index in [2.05, 4.69) is 23.6 Å². The molecule has 4 aromatic rings. The monoisotopic (exact) mass is 647 g/mol. The third kappa shape index (κ3) is 8.87. The molecule has 1 fully saturated rings. The zero-order valence-corrected chi connectivity index (χ0v) is 27.5. The number of rotatable bonds is 11. The summed E-state index contributed by atoms with van der Waals surface area (Å²) >= 11 is 12.6. The number of halogens is 2. The topological polar surface area (TPSA) is 71.0 Å².